The highest BCUT2D eigenvalue weighted by Crippen LogP contribution is 2.26. The van der Waals surface area contributed by atoms with E-state index in [1.54, 1.807) is 31.2 Å². The molecule has 138 valence electrons. The second kappa shape index (κ2) is 8.01. The lowest BCUT2D eigenvalue weighted by Gasteiger charge is -2.05. The van der Waals surface area contributed by atoms with Crippen molar-refractivity contribution in [2.45, 2.75) is 6.92 Å². The molecule has 0 atom stereocenters. The van der Waals surface area contributed by atoms with Gasteiger partial charge in [0.2, 0.25) is 0 Å². The normalized spacial score (nSPS) is 10.9. The van der Waals surface area contributed by atoms with Gasteiger partial charge in [-0.3, -0.25) is 14.9 Å². The van der Waals surface area contributed by atoms with Gasteiger partial charge in [0.05, 0.1) is 4.92 Å². The molecule has 0 saturated heterocycles. The third kappa shape index (κ3) is 4.14. The molecule has 0 fully saturated rings. The number of hydrogen-bond donors (Lipinski definition) is 1. The number of rotatable bonds is 5. The fourth-order valence-electron chi connectivity index (χ4n) is 2.57. The van der Waals surface area contributed by atoms with E-state index in [1.807, 2.05) is 30.3 Å². The number of carbonyl (C=O) groups is 1. The third-order valence-electron chi connectivity index (χ3n) is 3.93. The average Bonchev–Trinajstić information content (AvgIpc) is 3.16. The molecule has 0 saturated carbocycles. The van der Waals surface area contributed by atoms with Crippen molar-refractivity contribution in [1.29, 1.82) is 5.26 Å². The van der Waals surface area contributed by atoms with Crippen molar-refractivity contribution in [3.63, 3.8) is 0 Å². The number of hydrogen-bond acceptors (Lipinski definition) is 5. The SMILES string of the molecule is Cc1ccc(NC(=O)/C(C#N)=C/c2ccc(-c3ccccc3)o2)c([N+](=O)[O-])c1. The van der Waals surface area contributed by atoms with Gasteiger partial charge in [0.15, 0.2) is 0 Å². The first kappa shape index (κ1) is 18.6. The largest absolute Gasteiger partial charge is 0.457 e. The van der Waals surface area contributed by atoms with Crippen LogP contribution in [0.1, 0.15) is 11.3 Å². The molecule has 0 aliphatic carbocycles. The molecule has 7 heteroatoms. The van der Waals surface area contributed by atoms with Crippen LogP contribution in [-0.4, -0.2) is 10.8 Å². The number of nitrogens with zero attached hydrogens (tertiary/aromatic N) is 2. The second-order valence-electron chi connectivity index (χ2n) is 5.97. The van der Waals surface area contributed by atoms with Crippen molar-refractivity contribution in [2.75, 3.05) is 5.32 Å². The first-order valence-corrected chi connectivity index (χ1v) is 8.31. The van der Waals surface area contributed by atoms with Crippen LogP contribution in [0.5, 0.6) is 0 Å². The lowest BCUT2D eigenvalue weighted by atomic mass is 10.1. The maximum absolute atomic E-state index is 12.4. The van der Waals surface area contributed by atoms with Crippen molar-refractivity contribution < 1.29 is 14.1 Å². The molecule has 0 bridgehead atoms. The standard InChI is InChI=1S/C21H15N3O4/c1-14-7-9-18(19(11-14)24(26)27)23-21(25)16(13-22)12-17-8-10-20(28-17)15-5-3-2-4-6-15/h2-12H,1H3,(H,23,25)/b16-12+. The summed E-state index contributed by atoms with van der Waals surface area (Å²) in [5.41, 5.74) is 1.09. The Hall–Kier alpha value is -4.18. The van der Waals surface area contributed by atoms with Crippen LogP contribution >= 0.6 is 0 Å². The summed E-state index contributed by atoms with van der Waals surface area (Å²) < 4.78 is 5.66. The van der Waals surface area contributed by atoms with Crippen molar-refractivity contribution in [1.82, 2.24) is 0 Å². The minimum Gasteiger partial charge on any atom is -0.457 e. The van der Waals surface area contributed by atoms with E-state index in [4.69, 9.17) is 4.42 Å². The van der Waals surface area contributed by atoms with Gasteiger partial charge in [-0.2, -0.15) is 5.26 Å². The zero-order chi connectivity index (χ0) is 20.1. The summed E-state index contributed by atoms with van der Waals surface area (Å²) in [4.78, 5) is 23.0. The van der Waals surface area contributed by atoms with Crippen LogP contribution in [0, 0.1) is 28.4 Å². The van der Waals surface area contributed by atoms with E-state index in [-0.39, 0.29) is 16.9 Å². The number of nitro benzene ring substituents is 1. The molecule has 0 aliphatic rings. The van der Waals surface area contributed by atoms with E-state index >= 15 is 0 Å². The summed E-state index contributed by atoms with van der Waals surface area (Å²) in [5, 5.41) is 22.9. The van der Waals surface area contributed by atoms with Crippen molar-refractivity contribution in [2.24, 2.45) is 0 Å². The molecule has 1 N–H and O–H groups in total. The number of carbonyl (C=O) groups excluding carboxylic acids is 1. The van der Waals surface area contributed by atoms with Crippen LogP contribution in [0.15, 0.2) is 70.7 Å². The maximum atomic E-state index is 12.4. The molecule has 3 rings (SSSR count). The Labute approximate surface area is 160 Å². The minimum atomic E-state index is -0.757. The molecule has 7 nitrogen and oxygen atoms in total. The predicted molar refractivity (Wildman–Crippen MR) is 104 cm³/mol. The highest BCUT2D eigenvalue weighted by molar-refractivity contribution is 6.10. The first-order valence-electron chi connectivity index (χ1n) is 8.31. The molecular weight excluding hydrogens is 358 g/mol. The summed E-state index contributed by atoms with van der Waals surface area (Å²) in [6.45, 7) is 1.71. The number of nitrogens with one attached hydrogen (secondary N) is 1. The number of anilines is 1. The van der Waals surface area contributed by atoms with Gasteiger partial charge < -0.3 is 9.73 Å². The Kier molecular flexibility index (Phi) is 5.33. The number of amides is 1. The van der Waals surface area contributed by atoms with Crippen LogP contribution in [0.25, 0.3) is 17.4 Å². The van der Waals surface area contributed by atoms with Gasteiger partial charge in [-0.05, 0) is 30.7 Å². The Morgan fingerprint density at radius 1 is 1.18 bits per heavy atom. The van der Waals surface area contributed by atoms with Crippen LogP contribution in [-0.2, 0) is 4.79 Å². The quantitative estimate of drug-likeness (QED) is 0.301. The Morgan fingerprint density at radius 2 is 1.93 bits per heavy atom. The summed E-state index contributed by atoms with van der Waals surface area (Å²) in [5.74, 6) is 0.162. The van der Waals surface area contributed by atoms with Crippen LogP contribution in [0.3, 0.4) is 0 Å². The van der Waals surface area contributed by atoms with Crippen molar-refractivity contribution in [3.05, 3.63) is 87.7 Å². The average molecular weight is 373 g/mol. The van der Waals surface area contributed by atoms with E-state index in [0.29, 0.717) is 17.1 Å². The molecule has 3 aromatic rings. The highest BCUT2D eigenvalue weighted by atomic mass is 16.6. The van der Waals surface area contributed by atoms with Gasteiger partial charge >= 0.3 is 0 Å². The molecule has 0 aliphatic heterocycles. The monoisotopic (exact) mass is 373 g/mol. The van der Waals surface area contributed by atoms with Crippen molar-refractivity contribution in [3.8, 4) is 17.4 Å². The zero-order valence-corrected chi connectivity index (χ0v) is 14.9. The molecule has 1 aromatic heterocycles. The molecule has 0 spiro atoms. The fourth-order valence-corrected chi connectivity index (χ4v) is 2.57. The van der Waals surface area contributed by atoms with Gasteiger partial charge in [-0.25, -0.2) is 0 Å². The van der Waals surface area contributed by atoms with Gasteiger partial charge in [0.1, 0.15) is 28.9 Å². The maximum Gasteiger partial charge on any atom is 0.293 e. The van der Waals surface area contributed by atoms with E-state index < -0.39 is 10.8 Å². The van der Waals surface area contributed by atoms with Gasteiger partial charge in [-0.1, -0.05) is 36.4 Å². The summed E-state index contributed by atoms with van der Waals surface area (Å²) >= 11 is 0. The molecule has 2 aromatic carbocycles. The second-order valence-corrected chi connectivity index (χ2v) is 5.97. The van der Waals surface area contributed by atoms with Crippen LogP contribution in [0.2, 0.25) is 0 Å². The topological polar surface area (TPSA) is 109 Å². The molecule has 0 radical (unpaired) electrons. The number of nitro groups is 1. The Bertz CT molecular complexity index is 1110. The highest BCUT2D eigenvalue weighted by Gasteiger charge is 2.18. The molecule has 28 heavy (non-hydrogen) atoms. The van der Waals surface area contributed by atoms with Gasteiger partial charge in [0.25, 0.3) is 11.6 Å². The Morgan fingerprint density at radius 3 is 2.61 bits per heavy atom. The zero-order valence-electron chi connectivity index (χ0n) is 14.9. The first-order chi connectivity index (χ1) is 13.5. The molecule has 1 heterocycles. The lowest BCUT2D eigenvalue weighted by Crippen LogP contribution is -2.14. The number of furan rings is 1. The van der Waals surface area contributed by atoms with Crippen molar-refractivity contribution >= 4 is 23.4 Å². The molecule has 0 unspecified atom stereocenters. The van der Waals surface area contributed by atoms with E-state index in [2.05, 4.69) is 5.32 Å². The van der Waals surface area contributed by atoms with E-state index in [0.717, 1.165) is 5.56 Å². The predicted octanol–water partition coefficient (Wildman–Crippen LogP) is 4.71. The Balaban J connectivity index is 1.84. The van der Waals surface area contributed by atoms with Crippen LogP contribution in [0.4, 0.5) is 11.4 Å². The fraction of sp³-hybridized carbons (Fsp3) is 0.0476. The van der Waals surface area contributed by atoms with E-state index in [1.165, 1.54) is 18.2 Å². The van der Waals surface area contributed by atoms with Crippen LogP contribution < -0.4 is 5.32 Å². The molecule has 1 amide bonds. The number of nitriles is 1. The number of benzene rings is 2. The third-order valence-corrected chi connectivity index (χ3v) is 3.93. The summed E-state index contributed by atoms with van der Waals surface area (Å²) in [7, 11) is 0. The summed E-state index contributed by atoms with van der Waals surface area (Å²) in [6, 6.07) is 19.0. The van der Waals surface area contributed by atoms with Gasteiger partial charge in [0, 0.05) is 17.7 Å². The minimum absolute atomic E-state index is 0.0196. The number of aryl methyl sites for hydroxylation is 1. The summed E-state index contributed by atoms with van der Waals surface area (Å²) in [6.07, 6.45) is 1.29. The van der Waals surface area contributed by atoms with Gasteiger partial charge in [-0.15, -0.1) is 0 Å². The lowest BCUT2D eigenvalue weighted by molar-refractivity contribution is -0.384. The molecular formula is C21H15N3O4. The van der Waals surface area contributed by atoms with E-state index in [9.17, 15) is 20.2 Å². The smallest absolute Gasteiger partial charge is 0.293 e.